The van der Waals surface area contributed by atoms with E-state index in [4.69, 9.17) is 10.5 Å². The molecule has 0 bridgehead atoms. The summed E-state index contributed by atoms with van der Waals surface area (Å²) in [5.41, 5.74) is 7.27. The quantitative estimate of drug-likeness (QED) is 0.881. The molecule has 5 nitrogen and oxygen atoms in total. The van der Waals surface area contributed by atoms with Crippen LogP contribution >= 0.6 is 0 Å². The van der Waals surface area contributed by atoms with Crippen LogP contribution in [0.4, 0.5) is 5.82 Å². The highest BCUT2D eigenvalue weighted by atomic mass is 16.5. The predicted molar refractivity (Wildman–Crippen MR) is 74.1 cm³/mol. The molecule has 1 aliphatic heterocycles. The van der Waals surface area contributed by atoms with Crippen LogP contribution in [0.2, 0.25) is 0 Å². The molecule has 1 saturated heterocycles. The number of ether oxygens (including phenoxy) is 1. The van der Waals surface area contributed by atoms with Gasteiger partial charge in [0.15, 0.2) is 0 Å². The molecule has 0 spiro atoms. The van der Waals surface area contributed by atoms with Gasteiger partial charge in [-0.25, -0.2) is 4.98 Å². The van der Waals surface area contributed by atoms with Gasteiger partial charge in [-0.2, -0.15) is 0 Å². The molecule has 1 aromatic rings. The Kier molecular flexibility index (Phi) is 4.37. The lowest BCUT2D eigenvalue weighted by molar-refractivity contribution is 0.0741. The lowest BCUT2D eigenvalue weighted by Crippen LogP contribution is -2.33. The molecule has 0 radical (unpaired) electrons. The summed E-state index contributed by atoms with van der Waals surface area (Å²) in [6.07, 6.45) is 0.878. The molecule has 104 valence electrons. The number of hydrogen-bond donors (Lipinski definition) is 1. The van der Waals surface area contributed by atoms with Gasteiger partial charge >= 0.3 is 0 Å². The van der Waals surface area contributed by atoms with E-state index >= 15 is 0 Å². The third kappa shape index (κ3) is 3.44. The standard InChI is InChI=1S/C14H21N3O2/c1-10(2)12-8-11(9-13(15)16-12)14(18)17-4-3-6-19-7-5-17/h8-10H,3-7H2,1-2H3,(H2,15,16). The van der Waals surface area contributed by atoms with Crippen LogP contribution in [0.15, 0.2) is 12.1 Å². The number of rotatable bonds is 2. The van der Waals surface area contributed by atoms with Gasteiger partial charge in [-0.15, -0.1) is 0 Å². The maximum Gasteiger partial charge on any atom is 0.254 e. The summed E-state index contributed by atoms with van der Waals surface area (Å²) in [5.74, 6) is 0.671. The smallest absolute Gasteiger partial charge is 0.254 e. The van der Waals surface area contributed by atoms with Gasteiger partial charge in [0, 0.05) is 31.0 Å². The van der Waals surface area contributed by atoms with E-state index in [2.05, 4.69) is 4.98 Å². The molecule has 0 aliphatic carbocycles. The van der Waals surface area contributed by atoms with Crippen molar-refractivity contribution in [3.05, 3.63) is 23.4 Å². The van der Waals surface area contributed by atoms with E-state index in [9.17, 15) is 4.79 Å². The van der Waals surface area contributed by atoms with E-state index in [0.717, 1.165) is 25.3 Å². The fraction of sp³-hybridized carbons (Fsp3) is 0.571. The molecule has 0 saturated carbocycles. The van der Waals surface area contributed by atoms with Gasteiger partial charge in [0.05, 0.1) is 6.61 Å². The summed E-state index contributed by atoms with van der Waals surface area (Å²) < 4.78 is 5.37. The van der Waals surface area contributed by atoms with Crippen LogP contribution in [0.1, 0.15) is 42.2 Å². The fourth-order valence-electron chi connectivity index (χ4n) is 2.12. The molecular weight excluding hydrogens is 242 g/mol. The van der Waals surface area contributed by atoms with Crippen molar-refractivity contribution in [3.63, 3.8) is 0 Å². The highest BCUT2D eigenvalue weighted by Crippen LogP contribution is 2.17. The van der Waals surface area contributed by atoms with Crippen LogP contribution in [0.25, 0.3) is 0 Å². The van der Waals surface area contributed by atoms with E-state index < -0.39 is 0 Å². The zero-order chi connectivity index (χ0) is 13.8. The van der Waals surface area contributed by atoms with Gasteiger partial charge < -0.3 is 15.4 Å². The highest BCUT2D eigenvalue weighted by Gasteiger charge is 2.19. The zero-order valence-electron chi connectivity index (χ0n) is 11.6. The Bertz CT molecular complexity index is 452. The normalized spacial score (nSPS) is 16.5. The van der Waals surface area contributed by atoms with Crippen LogP contribution in [0, 0.1) is 0 Å². The molecule has 0 atom stereocenters. The van der Waals surface area contributed by atoms with E-state index in [1.807, 2.05) is 24.8 Å². The van der Waals surface area contributed by atoms with Crippen LogP contribution in [-0.2, 0) is 4.74 Å². The Balaban J connectivity index is 2.22. The molecule has 1 aliphatic rings. The number of anilines is 1. The number of carbonyl (C=O) groups excluding carboxylic acids is 1. The molecule has 1 aromatic heterocycles. The number of nitrogens with zero attached hydrogens (tertiary/aromatic N) is 2. The van der Waals surface area contributed by atoms with Gasteiger partial charge in [0.1, 0.15) is 5.82 Å². The first-order valence-electron chi connectivity index (χ1n) is 6.72. The molecule has 2 rings (SSSR count). The largest absolute Gasteiger partial charge is 0.384 e. The number of nitrogens with two attached hydrogens (primary N) is 1. The van der Waals surface area contributed by atoms with E-state index in [0.29, 0.717) is 24.5 Å². The number of hydrogen-bond acceptors (Lipinski definition) is 4. The van der Waals surface area contributed by atoms with E-state index in [-0.39, 0.29) is 11.8 Å². The third-order valence-electron chi connectivity index (χ3n) is 3.21. The Morgan fingerprint density at radius 2 is 2.16 bits per heavy atom. The van der Waals surface area contributed by atoms with Gasteiger partial charge in [-0.3, -0.25) is 4.79 Å². The van der Waals surface area contributed by atoms with Gasteiger partial charge in [0.25, 0.3) is 5.91 Å². The first-order valence-corrected chi connectivity index (χ1v) is 6.72. The average Bonchev–Trinajstić information content (AvgIpc) is 2.65. The van der Waals surface area contributed by atoms with Crippen molar-refractivity contribution < 1.29 is 9.53 Å². The minimum Gasteiger partial charge on any atom is -0.384 e. The molecular formula is C14H21N3O2. The molecule has 19 heavy (non-hydrogen) atoms. The predicted octanol–water partition coefficient (Wildman–Crippen LogP) is 1.65. The van der Waals surface area contributed by atoms with Crippen molar-refractivity contribution in [1.29, 1.82) is 0 Å². The second-order valence-corrected chi connectivity index (χ2v) is 5.12. The van der Waals surface area contributed by atoms with Crippen molar-refractivity contribution in [1.82, 2.24) is 9.88 Å². The number of amides is 1. The number of nitrogen functional groups attached to an aromatic ring is 1. The number of aromatic nitrogens is 1. The first-order chi connectivity index (χ1) is 9.08. The van der Waals surface area contributed by atoms with Gasteiger partial charge in [-0.1, -0.05) is 13.8 Å². The highest BCUT2D eigenvalue weighted by molar-refractivity contribution is 5.95. The summed E-state index contributed by atoms with van der Waals surface area (Å²) in [4.78, 5) is 18.6. The lowest BCUT2D eigenvalue weighted by Gasteiger charge is -2.20. The summed E-state index contributed by atoms with van der Waals surface area (Å²) >= 11 is 0. The van der Waals surface area contributed by atoms with E-state index in [1.54, 1.807) is 6.07 Å². The number of carbonyl (C=O) groups is 1. The average molecular weight is 263 g/mol. The Hall–Kier alpha value is -1.62. The van der Waals surface area contributed by atoms with Crippen molar-refractivity contribution in [2.24, 2.45) is 0 Å². The van der Waals surface area contributed by atoms with E-state index in [1.165, 1.54) is 0 Å². The number of pyridine rings is 1. The molecule has 1 fully saturated rings. The van der Waals surface area contributed by atoms with Crippen molar-refractivity contribution in [2.45, 2.75) is 26.2 Å². The van der Waals surface area contributed by atoms with Crippen LogP contribution in [0.5, 0.6) is 0 Å². The molecule has 2 N–H and O–H groups in total. The third-order valence-corrected chi connectivity index (χ3v) is 3.21. The maximum absolute atomic E-state index is 12.5. The maximum atomic E-state index is 12.5. The minimum atomic E-state index is 0.0153. The Labute approximate surface area is 113 Å². The Morgan fingerprint density at radius 1 is 1.37 bits per heavy atom. The first kappa shape index (κ1) is 13.8. The van der Waals surface area contributed by atoms with Crippen LogP contribution < -0.4 is 5.73 Å². The second kappa shape index (κ2) is 6.02. The van der Waals surface area contributed by atoms with Gasteiger partial charge in [0.2, 0.25) is 0 Å². The monoisotopic (exact) mass is 263 g/mol. The van der Waals surface area contributed by atoms with Crippen molar-refractivity contribution in [2.75, 3.05) is 32.0 Å². The molecule has 0 unspecified atom stereocenters. The zero-order valence-corrected chi connectivity index (χ0v) is 11.6. The summed E-state index contributed by atoms with van der Waals surface area (Å²) in [6, 6.07) is 3.50. The molecule has 0 aromatic carbocycles. The van der Waals surface area contributed by atoms with Crippen LogP contribution in [-0.4, -0.2) is 42.1 Å². The second-order valence-electron chi connectivity index (χ2n) is 5.12. The summed E-state index contributed by atoms with van der Waals surface area (Å²) in [7, 11) is 0. The van der Waals surface area contributed by atoms with Crippen molar-refractivity contribution >= 4 is 11.7 Å². The topological polar surface area (TPSA) is 68.5 Å². The van der Waals surface area contributed by atoms with Gasteiger partial charge in [-0.05, 0) is 24.5 Å². The minimum absolute atomic E-state index is 0.0153. The van der Waals surface area contributed by atoms with Crippen molar-refractivity contribution in [3.8, 4) is 0 Å². The lowest BCUT2D eigenvalue weighted by atomic mass is 10.1. The van der Waals surface area contributed by atoms with Crippen LogP contribution in [0.3, 0.4) is 0 Å². The summed E-state index contributed by atoms with van der Waals surface area (Å²) in [5, 5.41) is 0. The Morgan fingerprint density at radius 3 is 2.89 bits per heavy atom. The molecule has 1 amide bonds. The molecule has 2 heterocycles. The summed E-state index contributed by atoms with van der Waals surface area (Å²) in [6.45, 7) is 6.77. The SMILES string of the molecule is CC(C)c1cc(C(=O)N2CCCOCC2)cc(N)n1. The fourth-order valence-corrected chi connectivity index (χ4v) is 2.12. The molecule has 5 heteroatoms.